The van der Waals surface area contributed by atoms with Crippen LogP contribution in [0.5, 0.6) is 0 Å². The predicted molar refractivity (Wildman–Crippen MR) is 49.6 cm³/mol. The zero-order valence-electron chi connectivity index (χ0n) is 7.72. The third-order valence-corrected chi connectivity index (χ3v) is 1.21. The van der Waals surface area contributed by atoms with Gasteiger partial charge in [0.1, 0.15) is 0 Å². The van der Waals surface area contributed by atoms with Crippen LogP contribution in [0.1, 0.15) is 26.7 Å². The smallest absolute Gasteiger partial charge is 0.204 e. The van der Waals surface area contributed by atoms with Gasteiger partial charge in [-0.1, -0.05) is 13.8 Å². The minimum atomic E-state index is 0.584. The average Bonchev–Trinajstić information content (AvgIpc) is 2.10. The third-order valence-electron chi connectivity index (χ3n) is 1.21. The van der Waals surface area contributed by atoms with E-state index in [1.807, 2.05) is 13.1 Å². The second kappa shape index (κ2) is 7.86. The van der Waals surface area contributed by atoms with Crippen LogP contribution in [0, 0.1) is 11.5 Å². The Morgan fingerprint density at radius 2 is 2.17 bits per heavy atom. The lowest BCUT2D eigenvalue weighted by Crippen LogP contribution is -2.35. The number of rotatable bonds is 4. The van der Waals surface area contributed by atoms with Crippen molar-refractivity contribution in [3.63, 3.8) is 0 Å². The van der Waals surface area contributed by atoms with Gasteiger partial charge >= 0.3 is 0 Å². The number of nitrogens with one attached hydrogen (secondary N) is 2. The summed E-state index contributed by atoms with van der Waals surface area (Å²) < 4.78 is 0. The van der Waals surface area contributed by atoms with Gasteiger partial charge in [-0.05, 0) is 12.8 Å². The van der Waals surface area contributed by atoms with Crippen LogP contribution in [0.3, 0.4) is 0 Å². The molecule has 0 aromatic carbocycles. The summed E-state index contributed by atoms with van der Waals surface area (Å²) in [5, 5.41) is 13.9. The molecule has 0 aliphatic heterocycles. The van der Waals surface area contributed by atoms with E-state index in [0.29, 0.717) is 5.96 Å². The van der Waals surface area contributed by atoms with Crippen LogP contribution in [0.4, 0.5) is 0 Å². The zero-order chi connectivity index (χ0) is 9.23. The largest absolute Gasteiger partial charge is 0.356 e. The van der Waals surface area contributed by atoms with E-state index < -0.39 is 0 Å². The zero-order valence-corrected chi connectivity index (χ0v) is 7.72. The first-order valence-electron chi connectivity index (χ1n) is 4.28. The molecule has 0 radical (unpaired) electrons. The first-order valence-corrected chi connectivity index (χ1v) is 4.28. The molecule has 0 fully saturated rings. The second-order valence-electron chi connectivity index (χ2n) is 2.39. The van der Waals surface area contributed by atoms with Crippen molar-refractivity contribution in [1.29, 1.82) is 5.26 Å². The highest BCUT2D eigenvalue weighted by Gasteiger charge is 1.92. The maximum absolute atomic E-state index is 8.35. The SMILES string of the molecule is CCCN=C(NC#N)NCCC. The predicted octanol–water partition coefficient (Wildman–Crippen LogP) is 0.823. The lowest BCUT2D eigenvalue weighted by Gasteiger charge is -2.05. The maximum atomic E-state index is 8.35. The summed E-state index contributed by atoms with van der Waals surface area (Å²) >= 11 is 0. The first kappa shape index (κ1) is 10.8. The fraction of sp³-hybridized carbons (Fsp3) is 0.750. The summed E-state index contributed by atoms with van der Waals surface area (Å²) in [7, 11) is 0. The molecule has 0 saturated carbocycles. The molecule has 0 aromatic heterocycles. The number of hydrogen-bond donors (Lipinski definition) is 2. The summed E-state index contributed by atoms with van der Waals surface area (Å²) in [6.07, 6.45) is 3.86. The average molecular weight is 168 g/mol. The third kappa shape index (κ3) is 5.54. The Morgan fingerprint density at radius 1 is 1.42 bits per heavy atom. The Balaban J connectivity index is 3.78. The van der Waals surface area contributed by atoms with E-state index in [-0.39, 0.29) is 0 Å². The second-order valence-corrected chi connectivity index (χ2v) is 2.39. The van der Waals surface area contributed by atoms with Crippen molar-refractivity contribution in [1.82, 2.24) is 10.6 Å². The molecule has 0 atom stereocenters. The van der Waals surface area contributed by atoms with Crippen LogP contribution in [-0.4, -0.2) is 19.0 Å². The molecule has 2 N–H and O–H groups in total. The van der Waals surface area contributed by atoms with E-state index in [2.05, 4.69) is 22.5 Å². The van der Waals surface area contributed by atoms with E-state index >= 15 is 0 Å². The lowest BCUT2D eigenvalue weighted by molar-refractivity contribution is 0.807. The molecule has 4 nitrogen and oxygen atoms in total. The molecule has 4 heteroatoms. The molecule has 0 aliphatic rings. The van der Waals surface area contributed by atoms with Gasteiger partial charge in [0, 0.05) is 13.1 Å². The Labute approximate surface area is 73.7 Å². The van der Waals surface area contributed by atoms with Crippen LogP contribution in [0.15, 0.2) is 4.99 Å². The standard InChI is InChI=1S/C8H16N4/c1-3-5-10-8(12-7-9)11-6-4-2/h3-6H2,1-2H3,(H2,10,11,12). The Bertz CT molecular complexity index is 168. The molecule has 0 rings (SSSR count). The molecule has 0 saturated heterocycles. The van der Waals surface area contributed by atoms with Gasteiger partial charge in [0.05, 0.1) is 0 Å². The molecule has 0 unspecified atom stereocenters. The highest BCUT2D eigenvalue weighted by Crippen LogP contribution is 1.78. The molecule has 0 bridgehead atoms. The van der Waals surface area contributed by atoms with Crippen molar-refractivity contribution in [2.24, 2.45) is 4.99 Å². The number of guanidine groups is 1. The van der Waals surface area contributed by atoms with Crippen molar-refractivity contribution in [3.05, 3.63) is 0 Å². The van der Waals surface area contributed by atoms with Crippen LogP contribution in [0.25, 0.3) is 0 Å². The molecule has 0 heterocycles. The van der Waals surface area contributed by atoms with Crippen molar-refractivity contribution >= 4 is 5.96 Å². The lowest BCUT2D eigenvalue weighted by atomic mass is 10.5. The first-order chi connectivity index (χ1) is 5.85. The number of nitrogens with zero attached hydrogens (tertiary/aromatic N) is 2. The molecule has 0 aliphatic carbocycles. The summed E-state index contributed by atoms with van der Waals surface area (Å²) in [6, 6.07) is 0. The van der Waals surface area contributed by atoms with Gasteiger partial charge in [0.2, 0.25) is 5.96 Å². The van der Waals surface area contributed by atoms with Crippen molar-refractivity contribution in [3.8, 4) is 6.19 Å². The van der Waals surface area contributed by atoms with Crippen molar-refractivity contribution in [2.45, 2.75) is 26.7 Å². The van der Waals surface area contributed by atoms with Gasteiger partial charge in [-0.25, -0.2) is 0 Å². The minimum absolute atomic E-state index is 0.584. The molecule has 12 heavy (non-hydrogen) atoms. The van der Waals surface area contributed by atoms with Gasteiger partial charge < -0.3 is 5.32 Å². The van der Waals surface area contributed by atoms with Gasteiger partial charge in [0.25, 0.3) is 0 Å². The van der Waals surface area contributed by atoms with Gasteiger partial charge in [0.15, 0.2) is 6.19 Å². The van der Waals surface area contributed by atoms with E-state index in [0.717, 1.165) is 25.9 Å². The molecular weight excluding hydrogens is 152 g/mol. The van der Waals surface area contributed by atoms with Crippen molar-refractivity contribution < 1.29 is 0 Å². The Hall–Kier alpha value is -1.24. The fourth-order valence-electron chi connectivity index (χ4n) is 0.660. The summed E-state index contributed by atoms with van der Waals surface area (Å²) in [6.45, 7) is 5.71. The minimum Gasteiger partial charge on any atom is -0.356 e. The summed E-state index contributed by atoms with van der Waals surface area (Å²) in [5.74, 6) is 0.584. The Kier molecular flexibility index (Phi) is 7.05. The van der Waals surface area contributed by atoms with Crippen LogP contribution < -0.4 is 10.6 Å². The normalized spacial score (nSPS) is 10.6. The molecule has 0 amide bonds. The monoisotopic (exact) mass is 168 g/mol. The van der Waals surface area contributed by atoms with E-state index in [1.165, 1.54) is 0 Å². The van der Waals surface area contributed by atoms with Crippen molar-refractivity contribution in [2.75, 3.05) is 13.1 Å². The van der Waals surface area contributed by atoms with Crippen LogP contribution in [-0.2, 0) is 0 Å². The van der Waals surface area contributed by atoms with Crippen LogP contribution in [0.2, 0.25) is 0 Å². The van der Waals surface area contributed by atoms with Crippen LogP contribution >= 0.6 is 0 Å². The fourth-order valence-corrected chi connectivity index (χ4v) is 0.660. The molecule has 0 aromatic rings. The summed E-state index contributed by atoms with van der Waals surface area (Å²) in [4.78, 5) is 4.14. The van der Waals surface area contributed by atoms with Gasteiger partial charge in [-0.3, -0.25) is 10.3 Å². The Morgan fingerprint density at radius 3 is 2.67 bits per heavy atom. The highest BCUT2D eigenvalue weighted by molar-refractivity contribution is 5.81. The van der Waals surface area contributed by atoms with Gasteiger partial charge in [-0.15, -0.1) is 0 Å². The van der Waals surface area contributed by atoms with E-state index in [1.54, 1.807) is 0 Å². The molecule has 68 valence electrons. The highest BCUT2D eigenvalue weighted by atomic mass is 15.2. The molecule has 0 spiro atoms. The number of hydrogen-bond acceptors (Lipinski definition) is 2. The van der Waals surface area contributed by atoms with Gasteiger partial charge in [-0.2, -0.15) is 5.26 Å². The van der Waals surface area contributed by atoms with E-state index in [9.17, 15) is 0 Å². The quantitative estimate of drug-likeness (QED) is 0.283. The number of aliphatic imine (C=N–C) groups is 1. The maximum Gasteiger partial charge on any atom is 0.204 e. The number of nitriles is 1. The molecular formula is C8H16N4. The summed E-state index contributed by atoms with van der Waals surface area (Å²) in [5.41, 5.74) is 0. The topological polar surface area (TPSA) is 60.2 Å². The van der Waals surface area contributed by atoms with E-state index in [4.69, 9.17) is 5.26 Å².